The van der Waals surface area contributed by atoms with E-state index in [4.69, 9.17) is 5.26 Å². The number of urea groups is 1. The minimum atomic E-state index is -0.961. The summed E-state index contributed by atoms with van der Waals surface area (Å²) < 4.78 is 12.8. The molecule has 1 aromatic carbocycles. The van der Waals surface area contributed by atoms with Crippen LogP contribution < -0.4 is 10.6 Å². The highest BCUT2D eigenvalue weighted by Crippen LogP contribution is 2.09. The van der Waals surface area contributed by atoms with Gasteiger partial charge in [-0.1, -0.05) is 6.07 Å². The van der Waals surface area contributed by atoms with Crippen LogP contribution in [-0.2, 0) is 0 Å². The molecule has 2 amide bonds. The number of carbonyl (C=O) groups excluding carboxylic acids is 1. The van der Waals surface area contributed by atoms with Crippen LogP contribution in [0.4, 0.5) is 14.9 Å². The maximum Gasteiger partial charge on any atom is 0.320 e. The molecule has 0 saturated heterocycles. The van der Waals surface area contributed by atoms with E-state index in [0.29, 0.717) is 5.69 Å². The van der Waals surface area contributed by atoms with Gasteiger partial charge in [-0.2, -0.15) is 5.26 Å². The maximum absolute atomic E-state index is 12.8. The van der Waals surface area contributed by atoms with Gasteiger partial charge in [-0.25, -0.2) is 9.18 Å². The molecule has 0 unspecified atom stereocenters. The van der Waals surface area contributed by atoms with Gasteiger partial charge in [0, 0.05) is 5.69 Å². The van der Waals surface area contributed by atoms with Crippen molar-refractivity contribution < 1.29 is 9.18 Å². The zero-order chi connectivity index (χ0) is 12.2. The molecule has 0 atom stereocenters. The fourth-order valence-corrected chi connectivity index (χ4v) is 1.04. The Bertz CT molecular complexity index is 437. The molecule has 0 aliphatic heterocycles. The van der Waals surface area contributed by atoms with Gasteiger partial charge in [0.2, 0.25) is 0 Å². The first-order valence-electron chi connectivity index (χ1n) is 4.69. The molecule has 0 aliphatic rings. The Morgan fingerprint density at radius 3 is 2.75 bits per heavy atom. The summed E-state index contributed by atoms with van der Waals surface area (Å²) >= 11 is 0. The van der Waals surface area contributed by atoms with E-state index in [9.17, 15) is 9.18 Å². The largest absolute Gasteiger partial charge is 0.320 e. The molecule has 0 aromatic heterocycles. The molecule has 16 heavy (non-hydrogen) atoms. The first-order valence-corrected chi connectivity index (χ1v) is 4.69. The van der Waals surface area contributed by atoms with Gasteiger partial charge < -0.3 is 10.6 Å². The molecule has 0 radical (unpaired) electrons. The van der Waals surface area contributed by atoms with Crippen molar-refractivity contribution in [2.75, 3.05) is 5.32 Å². The molecule has 4 nitrogen and oxygen atoms in total. The van der Waals surface area contributed by atoms with Crippen molar-refractivity contribution in [2.45, 2.75) is 19.4 Å². The van der Waals surface area contributed by atoms with Crippen molar-refractivity contribution in [2.24, 2.45) is 0 Å². The summed E-state index contributed by atoms with van der Waals surface area (Å²) in [4.78, 5) is 11.4. The van der Waals surface area contributed by atoms with E-state index in [0.717, 1.165) is 0 Å². The normalized spacial score (nSPS) is 10.4. The zero-order valence-electron chi connectivity index (χ0n) is 9.04. The van der Waals surface area contributed by atoms with Crippen molar-refractivity contribution in [3.8, 4) is 6.07 Å². The molecule has 0 heterocycles. The molecule has 0 aliphatic carbocycles. The molecule has 5 heteroatoms. The Labute approximate surface area is 93.1 Å². The SMILES string of the molecule is CC(C)(C#N)NC(=O)Nc1cccc(F)c1. The smallest absolute Gasteiger partial charge is 0.320 e. The number of carbonyl (C=O) groups is 1. The molecule has 1 aromatic rings. The van der Waals surface area contributed by atoms with Crippen molar-refractivity contribution in [1.82, 2.24) is 5.32 Å². The molecule has 0 fully saturated rings. The van der Waals surface area contributed by atoms with Crippen LogP contribution >= 0.6 is 0 Å². The lowest BCUT2D eigenvalue weighted by molar-refractivity contribution is 0.246. The van der Waals surface area contributed by atoms with E-state index in [1.54, 1.807) is 19.9 Å². The third-order valence-corrected chi connectivity index (χ3v) is 1.79. The lowest BCUT2D eigenvalue weighted by atomic mass is 10.1. The van der Waals surface area contributed by atoms with Crippen LogP contribution in [0.25, 0.3) is 0 Å². The van der Waals surface area contributed by atoms with Gasteiger partial charge >= 0.3 is 6.03 Å². The summed E-state index contributed by atoms with van der Waals surface area (Å²) in [5.41, 5.74) is -0.622. The number of rotatable bonds is 2. The molecule has 1 rings (SSSR count). The van der Waals surface area contributed by atoms with Crippen LogP contribution in [-0.4, -0.2) is 11.6 Å². The first kappa shape index (κ1) is 12.0. The van der Waals surface area contributed by atoms with Gasteiger partial charge in [0.15, 0.2) is 0 Å². The van der Waals surface area contributed by atoms with E-state index in [1.165, 1.54) is 18.2 Å². The monoisotopic (exact) mass is 221 g/mol. The quantitative estimate of drug-likeness (QED) is 0.804. The maximum atomic E-state index is 12.8. The molecule has 0 spiro atoms. The second-order valence-corrected chi connectivity index (χ2v) is 3.83. The van der Waals surface area contributed by atoms with Gasteiger partial charge in [-0.05, 0) is 32.0 Å². The summed E-state index contributed by atoms with van der Waals surface area (Å²) in [5, 5.41) is 13.6. The van der Waals surface area contributed by atoms with Crippen LogP contribution in [0.15, 0.2) is 24.3 Å². The highest BCUT2D eigenvalue weighted by Gasteiger charge is 2.19. The van der Waals surface area contributed by atoms with Gasteiger partial charge in [0.1, 0.15) is 11.4 Å². The Kier molecular flexibility index (Phi) is 3.46. The number of hydrogen-bond acceptors (Lipinski definition) is 2. The number of nitriles is 1. The fourth-order valence-electron chi connectivity index (χ4n) is 1.04. The van der Waals surface area contributed by atoms with Crippen molar-refractivity contribution >= 4 is 11.7 Å². The van der Waals surface area contributed by atoms with E-state index >= 15 is 0 Å². The predicted octanol–water partition coefficient (Wildman–Crippen LogP) is 2.25. The van der Waals surface area contributed by atoms with Crippen LogP contribution in [0.3, 0.4) is 0 Å². The second kappa shape index (κ2) is 4.62. The lowest BCUT2D eigenvalue weighted by Gasteiger charge is -2.17. The second-order valence-electron chi connectivity index (χ2n) is 3.83. The number of nitrogens with zero attached hydrogens (tertiary/aromatic N) is 1. The minimum absolute atomic E-state index is 0.339. The third-order valence-electron chi connectivity index (χ3n) is 1.79. The van der Waals surface area contributed by atoms with Crippen LogP contribution in [0, 0.1) is 17.1 Å². The third kappa shape index (κ3) is 3.58. The molecule has 0 saturated carbocycles. The minimum Gasteiger partial charge on any atom is -0.320 e. The van der Waals surface area contributed by atoms with Gasteiger partial charge in [0.05, 0.1) is 6.07 Å². The van der Waals surface area contributed by atoms with Crippen LogP contribution in [0.2, 0.25) is 0 Å². The van der Waals surface area contributed by atoms with Gasteiger partial charge in [-0.3, -0.25) is 0 Å². The summed E-state index contributed by atoms with van der Waals surface area (Å²) in [5.74, 6) is -0.433. The topological polar surface area (TPSA) is 64.9 Å². The molecule has 0 bridgehead atoms. The predicted molar refractivity (Wildman–Crippen MR) is 58.2 cm³/mol. The number of halogens is 1. The Hall–Kier alpha value is -2.09. The fraction of sp³-hybridized carbons (Fsp3) is 0.273. The standard InChI is InChI=1S/C11H12FN3O/c1-11(2,7-13)15-10(16)14-9-5-3-4-8(12)6-9/h3-6H,1-2H3,(H2,14,15,16). The van der Waals surface area contributed by atoms with E-state index in [2.05, 4.69) is 10.6 Å². The molecule has 2 N–H and O–H groups in total. The number of nitrogens with one attached hydrogen (secondary N) is 2. The van der Waals surface area contributed by atoms with Crippen LogP contribution in [0.5, 0.6) is 0 Å². The average Bonchev–Trinajstić information content (AvgIpc) is 2.16. The zero-order valence-corrected chi connectivity index (χ0v) is 9.04. The number of anilines is 1. The highest BCUT2D eigenvalue weighted by molar-refractivity contribution is 5.89. The number of hydrogen-bond donors (Lipinski definition) is 2. The summed E-state index contributed by atoms with van der Waals surface area (Å²) in [7, 11) is 0. The number of benzene rings is 1. The molecule has 84 valence electrons. The average molecular weight is 221 g/mol. The van der Waals surface area contributed by atoms with Crippen molar-refractivity contribution in [1.29, 1.82) is 5.26 Å². The lowest BCUT2D eigenvalue weighted by Crippen LogP contribution is -2.44. The number of amides is 2. The Balaban J connectivity index is 2.63. The first-order chi connectivity index (χ1) is 7.43. The summed E-state index contributed by atoms with van der Waals surface area (Å²) in [6.45, 7) is 3.14. The van der Waals surface area contributed by atoms with Crippen molar-refractivity contribution in [3.05, 3.63) is 30.1 Å². The van der Waals surface area contributed by atoms with Gasteiger partial charge in [-0.15, -0.1) is 0 Å². The van der Waals surface area contributed by atoms with E-state index < -0.39 is 17.4 Å². The highest BCUT2D eigenvalue weighted by atomic mass is 19.1. The molecular weight excluding hydrogens is 209 g/mol. The summed E-state index contributed by atoms with van der Waals surface area (Å²) in [6, 6.07) is 6.90. The van der Waals surface area contributed by atoms with Gasteiger partial charge in [0.25, 0.3) is 0 Å². The molecular formula is C11H12FN3O. The Morgan fingerprint density at radius 2 is 2.19 bits per heavy atom. The van der Waals surface area contributed by atoms with Crippen molar-refractivity contribution in [3.63, 3.8) is 0 Å². The van der Waals surface area contributed by atoms with E-state index in [-0.39, 0.29) is 0 Å². The summed E-state index contributed by atoms with van der Waals surface area (Å²) in [6.07, 6.45) is 0. The Morgan fingerprint density at radius 1 is 1.50 bits per heavy atom. The van der Waals surface area contributed by atoms with E-state index in [1.807, 2.05) is 6.07 Å². The van der Waals surface area contributed by atoms with Crippen LogP contribution in [0.1, 0.15) is 13.8 Å².